The third-order valence-electron chi connectivity index (χ3n) is 2.45. The van der Waals surface area contributed by atoms with Gasteiger partial charge in [0.15, 0.2) is 0 Å². The van der Waals surface area contributed by atoms with E-state index in [0.717, 1.165) is 11.3 Å². The molecular formula is C14H13NO3. The van der Waals surface area contributed by atoms with Gasteiger partial charge >= 0.3 is 5.97 Å². The number of rotatable bonds is 5. The van der Waals surface area contributed by atoms with Gasteiger partial charge in [-0.1, -0.05) is 18.2 Å². The van der Waals surface area contributed by atoms with E-state index in [2.05, 4.69) is 4.98 Å². The van der Waals surface area contributed by atoms with Crippen LogP contribution in [0.5, 0.6) is 0 Å². The Bertz CT molecular complexity index is 508. The molecule has 0 atom stereocenters. The number of nitrogens with zero attached hydrogens (tertiary/aromatic N) is 1. The first-order valence-corrected chi connectivity index (χ1v) is 5.55. The van der Waals surface area contributed by atoms with Crippen LogP contribution in [-0.2, 0) is 18.0 Å². The maximum absolute atomic E-state index is 10.7. The van der Waals surface area contributed by atoms with Crippen molar-refractivity contribution in [3.63, 3.8) is 0 Å². The second-order valence-electron chi connectivity index (χ2n) is 3.82. The van der Waals surface area contributed by atoms with Crippen molar-refractivity contribution in [1.82, 2.24) is 4.98 Å². The third kappa shape index (κ3) is 3.40. The number of carbonyl (C=O) groups is 1. The Hall–Kier alpha value is -2.20. The van der Waals surface area contributed by atoms with Crippen LogP contribution in [0.3, 0.4) is 0 Å². The van der Waals surface area contributed by atoms with Crippen LogP contribution in [-0.4, -0.2) is 16.1 Å². The maximum atomic E-state index is 10.7. The first kappa shape index (κ1) is 12.3. The zero-order valence-electron chi connectivity index (χ0n) is 9.74. The van der Waals surface area contributed by atoms with Crippen molar-refractivity contribution in [3.05, 3.63) is 65.5 Å². The minimum atomic E-state index is -0.920. The number of pyridine rings is 1. The Morgan fingerprint density at radius 1 is 1.11 bits per heavy atom. The molecule has 0 aliphatic heterocycles. The van der Waals surface area contributed by atoms with Gasteiger partial charge < -0.3 is 9.84 Å². The molecule has 4 nitrogen and oxygen atoms in total. The van der Waals surface area contributed by atoms with Crippen molar-refractivity contribution in [2.45, 2.75) is 13.2 Å². The number of benzene rings is 1. The Kier molecular flexibility index (Phi) is 4.04. The molecule has 1 aromatic carbocycles. The van der Waals surface area contributed by atoms with Gasteiger partial charge in [0.1, 0.15) is 0 Å². The summed E-state index contributed by atoms with van der Waals surface area (Å²) in [6.45, 7) is 0.887. The molecule has 1 heterocycles. The van der Waals surface area contributed by atoms with E-state index in [1.54, 1.807) is 30.5 Å². The quantitative estimate of drug-likeness (QED) is 0.876. The summed E-state index contributed by atoms with van der Waals surface area (Å²) in [5.41, 5.74) is 2.10. The van der Waals surface area contributed by atoms with Crippen LogP contribution < -0.4 is 0 Å². The van der Waals surface area contributed by atoms with E-state index in [9.17, 15) is 4.79 Å². The summed E-state index contributed by atoms with van der Waals surface area (Å²) < 4.78 is 5.50. The van der Waals surface area contributed by atoms with Crippen LogP contribution in [0.1, 0.15) is 21.6 Å². The average molecular weight is 243 g/mol. The molecule has 0 spiro atoms. The molecule has 2 rings (SSSR count). The van der Waals surface area contributed by atoms with Gasteiger partial charge in [-0.15, -0.1) is 0 Å². The molecule has 0 amide bonds. The zero-order valence-corrected chi connectivity index (χ0v) is 9.74. The predicted molar refractivity (Wildman–Crippen MR) is 66.1 cm³/mol. The van der Waals surface area contributed by atoms with E-state index in [0.29, 0.717) is 13.2 Å². The molecule has 1 aromatic heterocycles. The number of ether oxygens (including phenoxy) is 1. The molecule has 0 bridgehead atoms. The normalized spacial score (nSPS) is 10.2. The molecule has 0 saturated heterocycles. The van der Waals surface area contributed by atoms with E-state index in [1.807, 2.05) is 18.2 Å². The van der Waals surface area contributed by atoms with E-state index in [-0.39, 0.29) is 5.56 Å². The van der Waals surface area contributed by atoms with Crippen LogP contribution in [0.4, 0.5) is 0 Å². The average Bonchev–Trinajstić information content (AvgIpc) is 2.40. The molecule has 0 aliphatic carbocycles. The van der Waals surface area contributed by atoms with Crippen LogP contribution in [0, 0.1) is 0 Å². The number of carboxylic acids is 1. The summed E-state index contributed by atoms with van der Waals surface area (Å²) in [5.74, 6) is -0.920. The lowest BCUT2D eigenvalue weighted by Crippen LogP contribution is -1.98. The van der Waals surface area contributed by atoms with Crippen molar-refractivity contribution in [1.29, 1.82) is 0 Å². The fourth-order valence-electron chi connectivity index (χ4n) is 1.50. The fourth-order valence-corrected chi connectivity index (χ4v) is 1.50. The van der Waals surface area contributed by atoms with Gasteiger partial charge in [-0.25, -0.2) is 4.79 Å². The molecule has 0 aliphatic rings. The highest BCUT2D eigenvalue weighted by atomic mass is 16.5. The first-order valence-electron chi connectivity index (χ1n) is 5.55. The monoisotopic (exact) mass is 243 g/mol. The number of carboxylic acid groups (broad SMARTS) is 1. The molecule has 2 aromatic rings. The van der Waals surface area contributed by atoms with Gasteiger partial charge in [-0.2, -0.15) is 0 Å². The van der Waals surface area contributed by atoms with Crippen LogP contribution in [0.25, 0.3) is 0 Å². The maximum Gasteiger partial charge on any atom is 0.335 e. The molecule has 0 saturated carbocycles. The standard InChI is InChI=1S/C14H13NO3/c16-14(17)12-6-4-11(5-7-12)9-18-10-13-3-1-2-8-15-13/h1-8H,9-10H2,(H,16,17). The van der Waals surface area contributed by atoms with Crippen molar-refractivity contribution >= 4 is 5.97 Å². The molecule has 0 radical (unpaired) electrons. The molecule has 4 heteroatoms. The summed E-state index contributed by atoms with van der Waals surface area (Å²) in [6.07, 6.45) is 1.72. The second kappa shape index (κ2) is 5.93. The zero-order chi connectivity index (χ0) is 12.8. The SMILES string of the molecule is O=C(O)c1ccc(COCc2ccccn2)cc1. The summed E-state index contributed by atoms with van der Waals surface area (Å²) in [4.78, 5) is 14.8. The van der Waals surface area contributed by atoms with Gasteiger partial charge in [0.2, 0.25) is 0 Å². The Morgan fingerprint density at radius 3 is 2.50 bits per heavy atom. The Balaban J connectivity index is 1.85. The van der Waals surface area contributed by atoms with Crippen molar-refractivity contribution in [2.75, 3.05) is 0 Å². The van der Waals surface area contributed by atoms with Crippen molar-refractivity contribution < 1.29 is 14.6 Å². The Labute approximate surface area is 105 Å². The topological polar surface area (TPSA) is 59.4 Å². The van der Waals surface area contributed by atoms with Crippen molar-refractivity contribution in [3.8, 4) is 0 Å². The number of aromatic nitrogens is 1. The van der Waals surface area contributed by atoms with Crippen LogP contribution in [0.2, 0.25) is 0 Å². The number of aromatic carboxylic acids is 1. The lowest BCUT2D eigenvalue weighted by Gasteiger charge is -2.04. The van der Waals surface area contributed by atoms with Crippen LogP contribution in [0.15, 0.2) is 48.7 Å². The minimum Gasteiger partial charge on any atom is -0.478 e. The van der Waals surface area contributed by atoms with Gasteiger partial charge in [0.25, 0.3) is 0 Å². The van der Waals surface area contributed by atoms with Crippen LogP contribution >= 0.6 is 0 Å². The molecule has 1 N–H and O–H groups in total. The third-order valence-corrected chi connectivity index (χ3v) is 2.45. The number of hydrogen-bond acceptors (Lipinski definition) is 3. The minimum absolute atomic E-state index is 0.281. The highest BCUT2D eigenvalue weighted by molar-refractivity contribution is 5.87. The van der Waals surface area contributed by atoms with E-state index < -0.39 is 5.97 Å². The van der Waals surface area contributed by atoms with Gasteiger partial charge in [-0.05, 0) is 29.8 Å². The Morgan fingerprint density at radius 2 is 1.89 bits per heavy atom. The van der Waals surface area contributed by atoms with Gasteiger partial charge in [0, 0.05) is 6.20 Å². The summed E-state index contributed by atoms with van der Waals surface area (Å²) in [7, 11) is 0. The highest BCUT2D eigenvalue weighted by Gasteiger charge is 2.01. The molecule has 92 valence electrons. The summed E-state index contributed by atoms with van der Waals surface area (Å²) in [5, 5.41) is 8.76. The molecule has 0 unspecified atom stereocenters. The van der Waals surface area contributed by atoms with Crippen molar-refractivity contribution in [2.24, 2.45) is 0 Å². The summed E-state index contributed by atoms with van der Waals surface area (Å²) in [6, 6.07) is 12.3. The smallest absolute Gasteiger partial charge is 0.335 e. The lowest BCUT2D eigenvalue weighted by atomic mass is 10.1. The number of hydrogen-bond donors (Lipinski definition) is 1. The van der Waals surface area contributed by atoms with E-state index in [1.165, 1.54) is 0 Å². The van der Waals surface area contributed by atoms with Gasteiger partial charge in [0.05, 0.1) is 24.5 Å². The summed E-state index contributed by atoms with van der Waals surface area (Å²) >= 11 is 0. The lowest BCUT2D eigenvalue weighted by molar-refractivity contribution is 0.0696. The fraction of sp³-hybridized carbons (Fsp3) is 0.143. The van der Waals surface area contributed by atoms with E-state index >= 15 is 0 Å². The molecular weight excluding hydrogens is 230 g/mol. The molecule has 0 fully saturated rings. The largest absolute Gasteiger partial charge is 0.478 e. The highest BCUT2D eigenvalue weighted by Crippen LogP contribution is 2.07. The molecule has 18 heavy (non-hydrogen) atoms. The second-order valence-corrected chi connectivity index (χ2v) is 3.82. The van der Waals surface area contributed by atoms with Gasteiger partial charge in [-0.3, -0.25) is 4.98 Å². The van der Waals surface area contributed by atoms with E-state index in [4.69, 9.17) is 9.84 Å². The predicted octanol–water partition coefficient (Wildman–Crippen LogP) is 2.50. The first-order chi connectivity index (χ1) is 8.75.